The monoisotopic (exact) mass is 277 g/mol. The highest BCUT2D eigenvalue weighted by Crippen LogP contribution is 2.28. The van der Waals surface area contributed by atoms with E-state index >= 15 is 0 Å². The van der Waals surface area contributed by atoms with Crippen molar-refractivity contribution in [3.63, 3.8) is 0 Å². The predicted octanol–water partition coefficient (Wildman–Crippen LogP) is 4.71. The van der Waals surface area contributed by atoms with E-state index < -0.39 is 0 Å². The molecule has 1 aliphatic carbocycles. The van der Waals surface area contributed by atoms with Crippen molar-refractivity contribution in [3.05, 3.63) is 35.6 Å². The molecular formula is C18H28FN. The van der Waals surface area contributed by atoms with Crippen LogP contribution >= 0.6 is 0 Å². The highest BCUT2D eigenvalue weighted by atomic mass is 19.1. The quantitative estimate of drug-likeness (QED) is 0.794. The first kappa shape index (κ1) is 15.5. The van der Waals surface area contributed by atoms with Gasteiger partial charge in [-0.15, -0.1) is 0 Å². The molecule has 20 heavy (non-hydrogen) atoms. The lowest BCUT2D eigenvalue weighted by atomic mass is 9.82. The van der Waals surface area contributed by atoms with Crippen LogP contribution in [0.4, 0.5) is 4.39 Å². The fourth-order valence-corrected chi connectivity index (χ4v) is 3.57. The molecule has 1 fully saturated rings. The summed E-state index contributed by atoms with van der Waals surface area (Å²) in [5, 5.41) is 3.78. The van der Waals surface area contributed by atoms with Crippen molar-refractivity contribution in [2.24, 2.45) is 5.92 Å². The Morgan fingerprint density at radius 2 is 2.00 bits per heavy atom. The first-order valence-corrected chi connectivity index (χ1v) is 8.19. The summed E-state index contributed by atoms with van der Waals surface area (Å²) < 4.78 is 13.2. The molecule has 1 aliphatic rings. The molecule has 0 saturated heterocycles. The maximum absolute atomic E-state index is 13.2. The van der Waals surface area contributed by atoms with E-state index in [1.54, 1.807) is 12.1 Å². The second kappa shape index (κ2) is 7.78. The van der Waals surface area contributed by atoms with Gasteiger partial charge in [-0.05, 0) is 56.2 Å². The molecule has 1 nitrogen and oxygen atoms in total. The van der Waals surface area contributed by atoms with Crippen molar-refractivity contribution in [1.82, 2.24) is 5.32 Å². The van der Waals surface area contributed by atoms with Crippen LogP contribution in [0.15, 0.2) is 24.3 Å². The summed E-state index contributed by atoms with van der Waals surface area (Å²) in [7, 11) is 0. The van der Waals surface area contributed by atoms with Crippen molar-refractivity contribution < 1.29 is 4.39 Å². The Balaban J connectivity index is 1.86. The minimum atomic E-state index is -0.131. The van der Waals surface area contributed by atoms with E-state index in [0.29, 0.717) is 12.1 Å². The minimum absolute atomic E-state index is 0.131. The minimum Gasteiger partial charge on any atom is -0.311 e. The Labute approximate surface area is 123 Å². The molecule has 0 aliphatic heterocycles. The van der Waals surface area contributed by atoms with E-state index in [0.717, 1.165) is 17.9 Å². The summed E-state index contributed by atoms with van der Waals surface area (Å²) in [5.74, 6) is 0.706. The third-order valence-corrected chi connectivity index (χ3v) is 4.59. The van der Waals surface area contributed by atoms with Crippen LogP contribution in [-0.2, 0) is 6.42 Å². The topological polar surface area (TPSA) is 12.0 Å². The molecule has 0 spiro atoms. The lowest BCUT2D eigenvalue weighted by Crippen LogP contribution is -2.42. The Hall–Kier alpha value is -0.890. The molecule has 2 unspecified atom stereocenters. The number of benzene rings is 1. The molecule has 0 radical (unpaired) electrons. The van der Waals surface area contributed by atoms with E-state index in [4.69, 9.17) is 0 Å². The van der Waals surface area contributed by atoms with Crippen molar-refractivity contribution in [2.45, 2.75) is 70.9 Å². The average Bonchev–Trinajstić information content (AvgIpc) is 2.45. The standard InChI is InChI=1S/C18H28FN/c1-3-18(16-9-5-4-6-10-16)20-14(2)12-15-8-7-11-17(19)13-15/h7-8,11,13-14,16,18,20H,3-6,9-10,12H2,1-2H3. The predicted molar refractivity (Wildman–Crippen MR) is 83.4 cm³/mol. The molecule has 2 rings (SSSR count). The fraction of sp³-hybridized carbons (Fsp3) is 0.667. The molecule has 112 valence electrons. The molecule has 1 aromatic rings. The third kappa shape index (κ3) is 4.59. The molecule has 1 N–H and O–H groups in total. The van der Waals surface area contributed by atoms with Crippen molar-refractivity contribution >= 4 is 0 Å². The molecule has 0 heterocycles. The maximum Gasteiger partial charge on any atom is 0.123 e. The molecular weight excluding hydrogens is 249 g/mol. The highest BCUT2D eigenvalue weighted by molar-refractivity contribution is 5.17. The lowest BCUT2D eigenvalue weighted by molar-refractivity contribution is 0.248. The van der Waals surface area contributed by atoms with Crippen LogP contribution in [0.25, 0.3) is 0 Å². The van der Waals surface area contributed by atoms with Crippen LogP contribution in [0.3, 0.4) is 0 Å². The molecule has 0 amide bonds. The van der Waals surface area contributed by atoms with Crippen LogP contribution in [-0.4, -0.2) is 12.1 Å². The van der Waals surface area contributed by atoms with E-state index in [-0.39, 0.29) is 5.82 Å². The third-order valence-electron chi connectivity index (χ3n) is 4.59. The number of hydrogen-bond donors (Lipinski definition) is 1. The van der Waals surface area contributed by atoms with Crippen molar-refractivity contribution in [3.8, 4) is 0 Å². The molecule has 0 bridgehead atoms. The van der Waals surface area contributed by atoms with Gasteiger partial charge in [0.1, 0.15) is 5.82 Å². The van der Waals surface area contributed by atoms with Gasteiger partial charge in [0.05, 0.1) is 0 Å². The van der Waals surface area contributed by atoms with E-state index in [2.05, 4.69) is 19.2 Å². The summed E-state index contributed by atoms with van der Waals surface area (Å²) in [6.45, 7) is 4.50. The van der Waals surface area contributed by atoms with Gasteiger partial charge in [0.15, 0.2) is 0 Å². The number of halogens is 1. The lowest BCUT2D eigenvalue weighted by Gasteiger charge is -2.32. The highest BCUT2D eigenvalue weighted by Gasteiger charge is 2.23. The molecule has 1 saturated carbocycles. The van der Waals surface area contributed by atoms with Gasteiger partial charge in [-0.1, -0.05) is 38.3 Å². The Bertz CT molecular complexity index is 398. The van der Waals surface area contributed by atoms with Gasteiger partial charge >= 0.3 is 0 Å². The zero-order valence-electron chi connectivity index (χ0n) is 12.9. The first-order valence-electron chi connectivity index (χ1n) is 8.19. The Morgan fingerprint density at radius 1 is 1.25 bits per heavy atom. The zero-order valence-corrected chi connectivity index (χ0v) is 12.9. The van der Waals surface area contributed by atoms with Crippen LogP contribution < -0.4 is 5.32 Å². The number of hydrogen-bond acceptors (Lipinski definition) is 1. The maximum atomic E-state index is 13.2. The van der Waals surface area contributed by atoms with Gasteiger partial charge in [0.25, 0.3) is 0 Å². The van der Waals surface area contributed by atoms with Gasteiger partial charge in [0.2, 0.25) is 0 Å². The van der Waals surface area contributed by atoms with Gasteiger partial charge in [-0.2, -0.15) is 0 Å². The molecule has 2 atom stereocenters. The normalized spacial score (nSPS) is 19.8. The van der Waals surface area contributed by atoms with Crippen LogP contribution in [0, 0.1) is 11.7 Å². The largest absolute Gasteiger partial charge is 0.311 e. The summed E-state index contributed by atoms with van der Waals surface area (Å²) in [4.78, 5) is 0. The summed E-state index contributed by atoms with van der Waals surface area (Å²) >= 11 is 0. The second-order valence-electron chi connectivity index (χ2n) is 6.31. The molecule has 2 heteroatoms. The number of nitrogens with one attached hydrogen (secondary N) is 1. The van der Waals surface area contributed by atoms with Crippen molar-refractivity contribution in [1.29, 1.82) is 0 Å². The molecule has 1 aromatic carbocycles. The van der Waals surface area contributed by atoms with Gasteiger partial charge < -0.3 is 5.32 Å². The van der Waals surface area contributed by atoms with E-state index in [1.807, 2.05) is 6.07 Å². The summed E-state index contributed by atoms with van der Waals surface area (Å²) in [6.07, 6.45) is 9.03. The summed E-state index contributed by atoms with van der Waals surface area (Å²) in [5.41, 5.74) is 1.09. The second-order valence-corrected chi connectivity index (χ2v) is 6.31. The average molecular weight is 277 g/mol. The van der Waals surface area contributed by atoms with Gasteiger partial charge in [-0.25, -0.2) is 4.39 Å². The SMILES string of the molecule is CCC(NC(C)Cc1cccc(F)c1)C1CCCCC1. The fourth-order valence-electron chi connectivity index (χ4n) is 3.57. The number of rotatable bonds is 6. The van der Waals surface area contributed by atoms with E-state index in [1.165, 1.54) is 44.6 Å². The van der Waals surface area contributed by atoms with Gasteiger partial charge in [-0.3, -0.25) is 0 Å². The smallest absolute Gasteiger partial charge is 0.123 e. The van der Waals surface area contributed by atoms with Gasteiger partial charge in [0, 0.05) is 12.1 Å². The van der Waals surface area contributed by atoms with Crippen LogP contribution in [0.2, 0.25) is 0 Å². The Kier molecular flexibility index (Phi) is 6.03. The first-order chi connectivity index (χ1) is 9.69. The zero-order chi connectivity index (χ0) is 14.4. The van der Waals surface area contributed by atoms with Crippen LogP contribution in [0.1, 0.15) is 57.9 Å². The van der Waals surface area contributed by atoms with Crippen LogP contribution in [0.5, 0.6) is 0 Å². The molecule has 0 aromatic heterocycles. The van der Waals surface area contributed by atoms with Crippen molar-refractivity contribution in [2.75, 3.05) is 0 Å². The van der Waals surface area contributed by atoms with E-state index in [9.17, 15) is 4.39 Å². The Morgan fingerprint density at radius 3 is 2.65 bits per heavy atom. The summed E-state index contributed by atoms with van der Waals surface area (Å²) in [6, 6.07) is 8.01.